The van der Waals surface area contributed by atoms with Gasteiger partial charge in [-0.3, -0.25) is 9.69 Å². The maximum Gasteiger partial charge on any atom is 0.242 e. The molecular weight excluding hydrogens is 326 g/mol. The summed E-state index contributed by atoms with van der Waals surface area (Å²) < 4.78 is 0. The van der Waals surface area contributed by atoms with Crippen LogP contribution < -0.4 is 0 Å². The maximum atomic E-state index is 12.4. The average Bonchev–Trinajstić information content (AvgIpc) is 3.14. The van der Waals surface area contributed by atoms with Gasteiger partial charge in [0.15, 0.2) is 5.17 Å². The van der Waals surface area contributed by atoms with Crippen molar-refractivity contribution >= 4 is 40.4 Å². The van der Waals surface area contributed by atoms with Gasteiger partial charge in [-0.25, -0.2) is 0 Å². The van der Waals surface area contributed by atoms with Crippen molar-refractivity contribution in [3.8, 4) is 0 Å². The molecule has 0 aliphatic carbocycles. The summed E-state index contributed by atoms with van der Waals surface area (Å²) in [7, 11) is 0. The zero-order valence-electron chi connectivity index (χ0n) is 13.0. The van der Waals surface area contributed by atoms with Crippen LogP contribution in [-0.4, -0.2) is 27.4 Å². The second-order valence-electron chi connectivity index (χ2n) is 5.25. The number of rotatable bonds is 4. The topological polar surface area (TPSA) is 45.0 Å². The molecule has 1 fully saturated rings. The number of hydrogen-bond donors (Lipinski definition) is 0. The van der Waals surface area contributed by atoms with Crippen LogP contribution in [-0.2, 0) is 11.3 Å². The quantitative estimate of drug-likeness (QED) is 0.624. The van der Waals surface area contributed by atoms with Crippen molar-refractivity contribution in [2.45, 2.75) is 25.6 Å². The van der Waals surface area contributed by atoms with Crippen molar-refractivity contribution in [2.75, 3.05) is 0 Å². The number of carbonyl (C=O) groups is 1. The Morgan fingerprint density at radius 3 is 2.83 bits per heavy atom. The number of hydrogen-bond acceptors (Lipinski definition) is 5. The predicted molar refractivity (Wildman–Crippen MR) is 98.1 cm³/mol. The number of aryl methyl sites for hydroxylation is 1. The molecule has 3 rings (SSSR count). The Hall–Kier alpha value is -1.92. The van der Waals surface area contributed by atoms with E-state index in [9.17, 15) is 4.79 Å². The fourth-order valence-electron chi connectivity index (χ4n) is 2.27. The minimum atomic E-state index is -0.116. The average molecular weight is 343 g/mol. The van der Waals surface area contributed by atoms with Gasteiger partial charge in [0.2, 0.25) is 5.91 Å². The van der Waals surface area contributed by atoms with Gasteiger partial charge in [-0.1, -0.05) is 42.1 Å². The summed E-state index contributed by atoms with van der Waals surface area (Å²) in [5, 5.41) is 10.9. The molecule has 118 valence electrons. The molecule has 1 aliphatic rings. The van der Waals surface area contributed by atoms with Crippen molar-refractivity contribution in [1.29, 1.82) is 0 Å². The van der Waals surface area contributed by atoms with Crippen LogP contribution in [0.1, 0.15) is 22.9 Å². The smallest absolute Gasteiger partial charge is 0.242 e. The number of nitrogens with zero attached hydrogens (tertiary/aromatic N) is 3. The van der Waals surface area contributed by atoms with Crippen molar-refractivity contribution < 1.29 is 4.79 Å². The van der Waals surface area contributed by atoms with Crippen LogP contribution >= 0.6 is 23.1 Å². The van der Waals surface area contributed by atoms with E-state index in [1.807, 2.05) is 42.6 Å². The van der Waals surface area contributed by atoms with E-state index in [0.29, 0.717) is 11.7 Å². The van der Waals surface area contributed by atoms with Crippen LogP contribution in [0.3, 0.4) is 0 Å². The molecule has 1 aromatic carbocycles. The number of amidine groups is 1. The molecule has 1 atom stereocenters. The van der Waals surface area contributed by atoms with E-state index in [-0.39, 0.29) is 11.2 Å². The van der Waals surface area contributed by atoms with E-state index >= 15 is 0 Å². The highest BCUT2D eigenvalue weighted by Gasteiger charge is 2.35. The molecule has 1 saturated heterocycles. The van der Waals surface area contributed by atoms with Gasteiger partial charge in [-0.2, -0.15) is 5.10 Å². The van der Waals surface area contributed by atoms with Gasteiger partial charge in [-0.15, -0.1) is 16.4 Å². The molecule has 0 bridgehead atoms. The number of carbonyl (C=O) groups excluding carboxylic acids is 1. The summed E-state index contributed by atoms with van der Waals surface area (Å²) in [6.07, 6.45) is 1.72. The predicted octanol–water partition coefficient (Wildman–Crippen LogP) is 3.91. The second kappa shape index (κ2) is 7.10. The Kier molecular flexibility index (Phi) is 4.93. The molecule has 1 aromatic heterocycles. The Morgan fingerprint density at radius 1 is 1.26 bits per heavy atom. The summed E-state index contributed by atoms with van der Waals surface area (Å²) in [6, 6.07) is 12.0. The number of thiophene rings is 1. The van der Waals surface area contributed by atoms with Crippen molar-refractivity contribution in [3.05, 3.63) is 57.8 Å². The Bertz CT molecular complexity index is 753. The number of benzene rings is 1. The van der Waals surface area contributed by atoms with Crippen molar-refractivity contribution in [3.63, 3.8) is 0 Å². The lowest BCUT2D eigenvalue weighted by atomic mass is 10.1. The van der Waals surface area contributed by atoms with E-state index in [4.69, 9.17) is 0 Å². The van der Waals surface area contributed by atoms with Gasteiger partial charge in [0, 0.05) is 4.88 Å². The first-order valence-corrected chi connectivity index (χ1v) is 9.08. The highest BCUT2D eigenvalue weighted by Crippen LogP contribution is 2.29. The van der Waals surface area contributed by atoms with Crippen LogP contribution in [0.5, 0.6) is 0 Å². The number of thioether (sulfide) groups is 1. The Labute approximate surface area is 143 Å². The molecule has 2 aromatic rings. The number of amides is 1. The lowest BCUT2D eigenvalue weighted by molar-refractivity contribution is -0.126. The molecule has 23 heavy (non-hydrogen) atoms. The molecule has 0 radical (unpaired) electrons. The van der Waals surface area contributed by atoms with E-state index in [1.54, 1.807) is 22.5 Å². The van der Waals surface area contributed by atoms with Gasteiger partial charge in [0.25, 0.3) is 0 Å². The fraction of sp³-hybridized carbons (Fsp3) is 0.235. The van der Waals surface area contributed by atoms with Gasteiger partial charge < -0.3 is 0 Å². The lowest BCUT2D eigenvalue weighted by Gasteiger charge is -2.16. The molecule has 0 unspecified atom stereocenters. The maximum absolute atomic E-state index is 12.4. The van der Waals surface area contributed by atoms with E-state index in [2.05, 4.69) is 23.2 Å². The first kappa shape index (κ1) is 16.0. The van der Waals surface area contributed by atoms with E-state index < -0.39 is 0 Å². The van der Waals surface area contributed by atoms with Crippen LogP contribution in [0.2, 0.25) is 0 Å². The summed E-state index contributed by atoms with van der Waals surface area (Å²) in [6.45, 7) is 4.50. The van der Waals surface area contributed by atoms with Crippen molar-refractivity contribution in [1.82, 2.24) is 4.90 Å². The summed E-state index contributed by atoms with van der Waals surface area (Å²) in [5.41, 5.74) is 2.30. The van der Waals surface area contributed by atoms with Crippen LogP contribution in [0.15, 0.2) is 52.0 Å². The normalized spacial score (nSPS) is 20.1. The third-order valence-corrected chi connectivity index (χ3v) is 5.46. The molecule has 0 spiro atoms. The van der Waals surface area contributed by atoms with Crippen molar-refractivity contribution in [2.24, 2.45) is 10.2 Å². The lowest BCUT2D eigenvalue weighted by Crippen LogP contribution is -2.31. The van der Waals surface area contributed by atoms with Crippen LogP contribution in [0.4, 0.5) is 0 Å². The Morgan fingerprint density at radius 2 is 2.09 bits per heavy atom. The van der Waals surface area contributed by atoms with Gasteiger partial charge in [-0.05, 0) is 36.4 Å². The van der Waals surface area contributed by atoms with E-state index in [1.165, 1.54) is 17.3 Å². The Balaban J connectivity index is 1.80. The minimum absolute atomic E-state index is 0.0864. The van der Waals surface area contributed by atoms with Crippen LogP contribution in [0.25, 0.3) is 0 Å². The molecule has 1 aliphatic heterocycles. The summed E-state index contributed by atoms with van der Waals surface area (Å²) >= 11 is 3.07. The van der Waals surface area contributed by atoms with Gasteiger partial charge >= 0.3 is 0 Å². The summed E-state index contributed by atoms with van der Waals surface area (Å²) in [4.78, 5) is 15.2. The minimum Gasteiger partial charge on any atom is -0.284 e. The monoisotopic (exact) mass is 343 g/mol. The second-order valence-corrected chi connectivity index (χ2v) is 7.54. The summed E-state index contributed by atoms with van der Waals surface area (Å²) in [5.74, 6) is 0.0864. The molecule has 0 N–H and O–H groups in total. The SMILES string of the molecule is Cc1ccccc1CN1C(=O)[C@H](C)S/C1=N/N=C\c1cccs1. The molecule has 1 amide bonds. The molecule has 2 heterocycles. The van der Waals surface area contributed by atoms with Gasteiger partial charge in [0.05, 0.1) is 18.0 Å². The zero-order valence-corrected chi connectivity index (χ0v) is 14.6. The highest BCUT2D eigenvalue weighted by atomic mass is 32.2. The molecule has 0 saturated carbocycles. The van der Waals surface area contributed by atoms with Crippen LogP contribution in [0, 0.1) is 6.92 Å². The van der Waals surface area contributed by atoms with E-state index in [0.717, 1.165) is 10.4 Å². The van der Waals surface area contributed by atoms with Gasteiger partial charge in [0.1, 0.15) is 0 Å². The molecule has 4 nitrogen and oxygen atoms in total. The fourth-order valence-corrected chi connectivity index (χ4v) is 3.77. The largest absolute Gasteiger partial charge is 0.284 e. The first-order chi connectivity index (χ1) is 11.1. The molecular formula is C17H17N3OS2. The first-order valence-electron chi connectivity index (χ1n) is 7.32. The zero-order chi connectivity index (χ0) is 16.2. The highest BCUT2D eigenvalue weighted by molar-refractivity contribution is 8.15. The molecule has 6 heteroatoms. The standard InChI is InChI=1S/C17H17N3OS2/c1-12-6-3-4-7-14(12)11-20-16(21)13(2)23-17(20)19-18-10-15-8-5-9-22-15/h3-10,13H,11H2,1-2H3/b18-10-,19-17+/t13-/m0/s1. The third-order valence-electron chi connectivity index (χ3n) is 3.59. The third kappa shape index (κ3) is 3.71.